The van der Waals surface area contributed by atoms with E-state index in [2.05, 4.69) is 64.5 Å². The largest absolute Gasteiger partial charge is 0.0732 e. The first-order chi connectivity index (χ1) is 5.86. The molecule has 0 aliphatic heterocycles. The van der Waals surface area contributed by atoms with Crippen LogP contribution in [0.1, 0.15) is 0 Å². The average molecular weight is 221 g/mol. The van der Waals surface area contributed by atoms with E-state index in [-0.39, 0.29) is 0 Å². The molecule has 0 aromatic heterocycles. The highest BCUT2D eigenvalue weighted by Crippen LogP contribution is 2.25. The zero-order valence-corrected chi connectivity index (χ0v) is 8.16. The average Bonchev–Trinajstić information content (AvgIpc) is 2.25. The van der Waals surface area contributed by atoms with Crippen LogP contribution in [0.2, 0.25) is 0 Å². The Morgan fingerprint density at radius 1 is 1.08 bits per heavy atom. The van der Waals surface area contributed by atoms with E-state index in [1.807, 2.05) is 0 Å². The highest BCUT2D eigenvalue weighted by atomic mass is 79.9. The van der Waals surface area contributed by atoms with Crippen LogP contribution >= 0.6 is 15.9 Å². The van der Waals surface area contributed by atoms with E-state index < -0.39 is 0 Å². The second kappa shape index (κ2) is 3.28. The third-order valence-corrected chi connectivity index (χ3v) is 2.47. The van der Waals surface area contributed by atoms with Crippen molar-refractivity contribution in [2.75, 3.05) is 0 Å². The van der Waals surface area contributed by atoms with Gasteiger partial charge in [0.25, 0.3) is 0 Å². The van der Waals surface area contributed by atoms with Crippen molar-refractivity contribution < 1.29 is 0 Å². The molecule has 1 atom stereocenters. The molecule has 0 saturated carbocycles. The van der Waals surface area contributed by atoms with Gasteiger partial charge in [0, 0.05) is 10.4 Å². The molecule has 2 rings (SSSR count). The van der Waals surface area contributed by atoms with Crippen LogP contribution in [-0.4, -0.2) is 0 Å². The highest BCUT2D eigenvalue weighted by molar-refractivity contribution is 9.11. The molecule has 0 radical (unpaired) electrons. The molecule has 0 spiro atoms. The van der Waals surface area contributed by atoms with Crippen LogP contribution in [0.4, 0.5) is 0 Å². The van der Waals surface area contributed by atoms with E-state index in [0.717, 1.165) is 4.48 Å². The highest BCUT2D eigenvalue weighted by Gasteiger charge is 2.08. The van der Waals surface area contributed by atoms with Crippen LogP contribution < -0.4 is 0 Å². The van der Waals surface area contributed by atoms with Gasteiger partial charge in [-0.25, -0.2) is 0 Å². The fourth-order valence-electron chi connectivity index (χ4n) is 1.37. The molecule has 0 nitrogen and oxygen atoms in total. The second-order valence-corrected chi connectivity index (χ2v) is 3.77. The van der Waals surface area contributed by atoms with E-state index in [4.69, 9.17) is 0 Å². The van der Waals surface area contributed by atoms with E-state index in [1.54, 1.807) is 0 Å². The summed E-state index contributed by atoms with van der Waals surface area (Å²) in [5.41, 5.74) is 1.34. The molecule has 1 unspecified atom stereocenters. The fraction of sp³-hybridized carbons (Fsp3) is 0.0909. The Labute approximate surface area is 80.8 Å². The molecule has 0 saturated heterocycles. The molecule has 2 aliphatic carbocycles. The predicted molar refractivity (Wildman–Crippen MR) is 56.0 cm³/mol. The van der Waals surface area contributed by atoms with E-state index in [9.17, 15) is 0 Å². The quantitative estimate of drug-likeness (QED) is 0.587. The molecule has 0 aromatic carbocycles. The van der Waals surface area contributed by atoms with Crippen molar-refractivity contribution in [2.24, 2.45) is 5.92 Å². The second-order valence-electron chi connectivity index (χ2n) is 2.85. The first-order valence-corrected chi connectivity index (χ1v) is 4.76. The SMILES string of the molecule is BrC1=CC=CC2C=CC=CC2=C1. The lowest BCUT2D eigenvalue weighted by atomic mass is 9.95. The van der Waals surface area contributed by atoms with Gasteiger partial charge in [-0.2, -0.15) is 0 Å². The molecule has 1 heteroatoms. The summed E-state index contributed by atoms with van der Waals surface area (Å²) in [5, 5.41) is 0. The topological polar surface area (TPSA) is 0 Å². The third kappa shape index (κ3) is 1.51. The molecule has 0 amide bonds. The molecule has 0 N–H and O–H groups in total. The van der Waals surface area contributed by atoms with Crippen molar-refractivity contribution in [3.63, 3.8) is 0 Å². The molecular formula is C11H9Br. The first kappa shape index (κ1) is 7.81. The maximum atomic E-state index is 3.48. The number of hydrogen-bond donors (Lipinski definition) is 0. The molecular weight excluding hydrogens is 212 g/mol. The third-order valence-electron chi connectivity index (χ3n) is 1.98. The van der Waals surface area contributed by atoms with Crippen LogP contribution in [0, 0.1) is 5.92 Å². The van der Waals surface area contributed by atoms with Crippen LogP contribution in [0.3, 0.4) is 0 Å². The maximum absolute atomic E-state index is 3.48. The predicted octanol–water partition coefficient (Wildman–Crippen LogP) is 3.50. The van der Waals surface area contributed by atoms with Gasteiger partial charge in [-0.3, -0.25) is 0 Å². The summed E-state index contributed by atoms with van der Waals surface area (Å²) in [6.07, 6.45) is 17.0. The first-order valence-electron chi connectivity index (χ1n) is 3.97. The van der Waals surface area contributed by atoms with Gasteiger partial charge in [0.1, 0.15) is 0 Å². The minimum atomic E-state index is 0.460. The van der Waals surface area contributed by atoms with Crippen LogP contribution in [0.25, 0.3) is 0 Å². The van der Waals surface area contributed by atoms with Crippen molar-refractivity contribution >= 4 is 15.9 Å². The molecule has 60 valence electrons. The van der Waals surface area contributed by atoms with Gasteiger partial charge in [-0.15, -0.1) is 0 Å². The lowest BCUT2D eigenvalue weighted by molar-refractivity contribution is 0.997. The zero-order chi connectivity index (χ0) is 8.39. The Morgan fingerprint density at radius 2 is 1.92 bits per heavy atom. The van der Waals surface area contributed by atoms with Crippen LogP contribution in [-0.2, 0) is 0 Å². The van der Waals surface area contributed by atoms with Gasteiger partial charge in [0.05, 0.1) is 0 Å². The Morgan fingerprint density at radius 3 is 2.83 bits per heavy atom. The van der Waals surface area contributed by atoms with Crippen molar-refractivity contribution in [3.8, 4) is 0 Å². The monoisotopic (exact) mass is 220 g/mol. The van der Waals surface area contributed by atoms with Gasteiger partial charge >= 0.3 is 0 Å². The van der Waals surface area contributed by atoms with Gasteiger partial charge in [-0.1, -0.05) is 52.4 Å². The smallest absolute Gasteiger partial charge is 0.0205 e. The summed E-state index contributed by atoms with van der Waals surface area (Å²) in [7, 11) is 0. The molecule has 0 bridgehead atoms. The Balaban J connectivity index is 2.41. The van der Waals surface area contributed by atoms with E-state index in [1.165, 1.54) is 5.57 Å². The Bertz CT molecular complexity index is 327. The number of fused-ring (bicyclic) bond motifs is 1. The van der Waals surface area contributed by atoms with Crippen LogP contribution in [0.5, 0.6) is 0 Å². The van der Waals surface area contributed by atoms with Gasteiger partial charge in [-0.05, 0) is 17.7 Å². The number of allylic oxidation sites excluding steroid dienone is 10. The molecule has 0 heterocycles. The molecule has 2 aliphatic rings. The minimum absolute atomic E-state index is 0.460. The number of hydrogen-bond acceptors (Lipinski definition) is 0. The van der Waals surface area contributed by atoms with Gasteiger partial charge in [0.15, 0.2) is 0 Å². The maximum Gasteiger partial charge on any atom is 0.0205 e. The zero-order valence-electron chi connectivity index (χ0n) is 6.57. The van der Waals surface area contributed by atoms with Crippen molar-refractivity contribution in [1.82, 2.24) is 0 Å². The lowest BCUT2D eigenvalue weighted by Crippen LogP contribution is -1.96. The van der Waals surface area contributed by atoms with Crippen molar-refractivity contribution in [2.45, 2.75) is 0 Å². The molecule has 0 fully saturated rings. The minimum Gasteiger partial charge on any atom is -0.0732 e. The van der Waals surface area contributed by atoms with Crippen molar-refractivity contribution in [3.05, 3.63) is 58.7 Å². The van der Waals surface area contributed by atoms with Gasteiger partial charge < -0.3 is 0 Å². The summed E-state index contributed by atoms with van der Waals surface area (Å²) in [4.78, 5) is 0. The molecule has 12 heavy (non-hydrogen) atoms. The van der Waals surface area contributed by atoms with E-state index >= 15 is 0 Å². The Kier molecular flexibility index (Phi) is 2.13. The van der Waals surface area contributed by atoms with Crippen molar-refractivity contribution in [1.29, 1.82) is 0 Å². The van der Waals surface area contributed by atoms with Crippen LogP contribution in [0.15, 0.2) is 58.7 Å². The standard InChI is InChI=1S/C11H9Br/c12-11-7-3-6-9-4-1-2-5-10(9)8-11/h1-9H. The summed E-state index contributed by atoms with van der Waals surface area (Å²) in [6, 6.07) is 0. The fourth-order valence-corrected chi connectivity index (χ4v) is 1.78. The molecule has 0 aromatic rings. The summed E-state index contributed by atoms with van der Waals surface area (Å²) in [6.45, 7) is 0. The summed E-state index contributed by atoms with van der Waals surface area (Å²) >= 11 is 3.48. The number of halogens is 1. The normalized spacial score (nSPS) is 25.9. The Hall–Kier alpha value is -0.820. The van der Waals surface area contributed by atoms with Gasteiger partial charge in [0.2, 0.25) is 0 Å². The number of rotatable bonds is 0. The lowest BCUT2D eigenvalue weighted by Gasteiger charge is -2.10. The summed E-state index contributed by atoms with van der Waals surface area (Å²) in [5.74, 6) is 0.460. The summed E-state index contributed by atoms with van der Waals surface area (Å²) < 4.78 is 1.14. The van der Waals surface area contributed by atoms with E-state index in [0.29, 0.717) is 5.92 Å².